The summed E-state index contributed by atoms with van der Waals surface area (Å²) >= 11 is 0. The summed E-state index contributed by atoms with van der Waals surface area (Å²) in [6, 6.07) is 0. The summed E-state index contributed by atoms with van der Waals surface area (Å²) < 4.78 is 0. The molecular formula is C9H17NO2. The quantitative estimate of drug-likeness (QED) is 0.648. The molecule has 3 nitrogen and oxygen atoms in total. The summed E-state index contributed by atoms with van der Waals surface area (Å²) in [4.78, 5) is 11.4. The number of carbonyl (C=O) groups is 1. The predicted molar refractivity (Wildman–Crippen MR) is 46.6 cm³/mol. The smallest absolute Gasteiger partial charge is 0.228 e. The highest BCUT2D eigenvalue weighted by Gasteiger charge is 2.49. The van der Waals surface area contributed by atoms with Crippen LogP contribution in [0.2, 0.25) is 0 Å². The molecule has 1 fully saturated rings. The lowest BCUT2D eigenvalue weighted by molar-refractivity contribution is -0.127. The van der Waals surface area contributed by atoms with E-state index < -0.39 is 5.41 Å². The maximum atomic E-state index is 11.4. The molecule has 0 aromatic rings. The molecule has 12 heavy (non-hydrogen) atoms. The molecule has 0 unspecified atom stereocenters. The number of aliphatic hydroxyl groups is 1. The molecule has 3 heteroatoms. The van der Waals surface area contributed by atoms with Gasteiger partial charge in [0.25, 0.3) is 0 Å². The lowest BCUT2D eigenvalue weighted by Crippen LogP contribution is -2.36. The van der Waals surface area contributed by atoms with Crippen molar-refractivity contribution in [2.24, 2.45) is 11.3 Å². The van der Waals surface area contributed by atoms with Crippen LogP contribution in [0.1, 0.15) is 26.7 Å². The minimum Gasteiger partial charge on any atom is -0.395 e. The van der Waals surface area contributed by atoms with Crippen molar-refractivity contribution in [1.82, 2.24) is 5.32 Å². The first kappa shape index (κ1) is 9.52. The van der Waals surface area contributed by atoms with Crippen molar-refractivity contribution in [1.29, 1.82) is 0 Å². The van der Waals surface area contributed by atoms with Crippen LogP contribution >= 0.6 is 0 Å². The lowest BCUT2D eigenvalue weighted by atomic mass is 10.1. The first-order valence-electron chi connectivity index (χ1n) is 4.50. The molecule has 1 aliphatic carbocycles. The number of carbonyl (C=O) groups excluding carboxylic acids is 1. The molecule has 0 heterocycles. The number of amides is 1. The Hall–Kier alpha value is -0.570. The molecule has 0 atom stereocenters. The van der Waals surface area contributed by atoms with Crippen molar-refractivity contribution in [2.45, 2.75) is 26.7 Å². The van der Waals surface area contributed by atoms with E-state index in [9.17, 15) is 4.79 Å². The van der Waals surface area contributed by atoms with E-state index in [1.54, 1.807) is 0 Å². The Balaban J connectivity index is 2.29. The number of nitrogens with one attached hydrogen (secondary N) is 1. The van der Waals surface area contributed by atoms with Gasteiger partial charge in [0.2, 0.25) is 5.91 Å². The Kier molecular flexibility index (Phi) is 2.73. The minimum atomic E-state index is -0.408. The highest BCUT2D eigenvalue weighted by atomic mass is 16.3. The highest BCUT2D eigenvalue weighted by molar-refractivity contribution is 5.85. The van der Waals surface area contributed by atoms with Crippen molar-refractivity contribution in [3.8, 4) is 0 Å². The zero-order valence-electron chi connectivity index (χ0n) is 7.76. The average molecular weight is 171 g/mol. The number of hydrogen-bond acceptors (Lipinski definition) is 2. The summed E-state index contributed by atoms with van der Waals surface area (Å²) in [6.45, 7) is 4.81. The lowest BCUT2D eigenvalue weighted by Gasteiger charge is -2.13. The topological polar surface area (TPSA) is 49.3 Å². The number of rotatable bonds is 4. The minimum absolute atomic E-state index is 0.00305. The molecule has 0 bridgehead atoms. The van der Waals surface area contributed by atoms with Crippen molar-refractivity contribution >= 4 is 5.91 Å². The van der Waals surface area contributed by atoms with Crippen molar-refractivity contribution in [2.75, 3.05) is 13.2 Å². The molecule has 0 aromatic heterocycles. The fourth-order valence-corrected chi connectivity index (χ4v) is 1.09. The summed E-state index contributed by atoms with van der Waals surface area (Å²) in [5.74, 6) is 0.502. The summed E-state index contributed by atoms with van der Waals surface area (Å²) in [7, 11) is 0. The van der Waals surface area contributed by atoms with Crippen LogP contribution in [0.4, 0.5) is 0 Å². The van der Waals surface area contributed by atoms with Crippen LogP contribution in [0.5, 0.6) is 0 Å². The predicted octanol–water partition coefficient (Wildman–Crippen LogP) is 0.531. The van der Waals surface area contributed by atoms with Crippen LogP contribution in [0, 0.1) is 11.3 Å². The second-order valence-electron chi connectivity index (χ2n) is 4.04. The van der Waals surface area contributed by atoms with Crippen LogP contribution in [-0.4, -0.2) is 24.2 Å². The zero-order valence-corrected chi connectivity index (χ0v) is 7.76. The van der Waals surface area contributed by atoms with Crippen LogP contribution in [0.15, 0.2) is 0 Å². The monoisotopic (exact) mass is 171 g/mol. The van der Waals surface area contributed by atoms with E-state index in [-0.39, 0.29) is 12.5 Å². The molecule has 1 amide bonds. The van der Waals surface area contributed by atoms with E-state index in [0.717, 1.165) is 12.8 Å². The van der Waals surface area contributed by atoms with Gasteiger partial charge in [0, 0.05) is 6.54 Å². The van der Waals surface area contributed by atoms with E-state index >= 15 is 0 Å². The zero-order chi connectivity index (χ0) is 9.19. The maximum Gasteiger partial charge on any atom is 0.228 e. The number of hydrogen-bond donors (Lipinski definition) is 2. The average Bonchev–Trinajstić information content (AvgIpc) is 2.80. The normalized spacial score (nSPS) is 19.3. The summed E-state index contributed by atoms with van der Waals surface area (Å²) in [5.41, 5.74) is -0.408. The number of aliphatic hydroxyl groups excluding tert-OH is 1. The van der Waals surface area contributed by atoms with E-state index in [0.29, 0.717) is 12.5 Å². The summed E-state index contributed by atoms with van der Waals surface area (Å²) in [6.07, 6.45) is 1.68. The first-order valence-corrected chi connectivity index (χ1v) is 4.50. The van der Waals surface area contributed by atoms with Crippen LogP contribution < -0.4 is 5.32 Å². The molecule has 0 aliphatic heterocycles. The van der Waals surface area contributed by atoms with E-state index in [4.69, 9.17) is 5.11 Å². The SMILES string of the molecule is CC(C)CNC(=O)C1(CO)CC1. The van der Waals surface area contributed by atoms with E-state index in [1.165, 1.54) is 0 Å². The Morgan fingerprint density at radius 3 is 2.50 bits per heavy atom. The Labute approximate surface area is 73.2 Å². The van der Waals surface area contributed by atoms with Gasteiger partial charge in [-0.05, 0) is 18.8 Å². The van der Waals surface area contributed by atoms with Gasteiger partial charge >= 0.3 is 0 Å². The standard InChI is InChI=1S/C9H17NO2/c1-7(2)5-10-8(12)9(6-11)3-4-9/h7,11H,3-6H2,1-2H3,(H,10,12). The molecule has 1 aliphatic rings. The van der Waals surface area contributed by atoms with Gasteiger partial charge < -0.3 is 10.4 Å². The fraction of sp³-hybridized carbons (Fsp3) is 0.889. The molecule has 0 saturated heterocycles. The molecule has 1 rings (SSSR count). The van der Waals surface area contributed by atoms with Gasteiger partial charge in [0.1, 0.15) is 0 Å². The van der Waals surface area contributed by atoms with Gasteiger partial charge in [-0.2, -0.15) is 0 Å². The van der Waals surface area contributed by atoms with Crippen molar-refractivity contribution in [3.63, 3.8) is 0 Å². The summed E-state index contributed by atoms with van der Waals surface area (Å²) in [5, 5.41) is 11.8. The van der Waals surface area contributed by atoms with Crippen LogP contribution in [0.3, 0.4) is 0 Å². The molecular weight excluding hydrogens is 154 g/mol. The van der Waals surface area contributed by atoms with Gasteiger partial charge in [-0.25, -0.2) is 0 Å². The van der Waals surface area contributed by atoms with Crippen molar-refractivity contribution in [3.05, 3.63) is 0 Å². The third kappa shape index (κ3) is 1.97. The molecule has 0 spiro atoms. The maximum absolute atomic E-state index is 11.4. The molecule has 1 saturated carbocycles. The van der Waals surface area contributed by atoms with Crippen LogP contribution in [0.25, 0.3) is 0 Å². The molecule has 0 aromatic carbocycles. The van der Waals surface area contributed by atoms with Gasteiger partial charge in [-0.15, -0.1) is 0 Å². The second-order valence-corrected chi connectivity index (χ2v) is 4.04. The largest absolute Gasteiger partial charge is 0.395 e. The van der Waals surface area contributed by atoms with Gasteiger partial charge in [-0.1, -0.05) is 13.8 Å². The molecule has 2 N–H and O–H groups in total. The Bertz CT molecular complexity index is 173. The van der Waals surface area contributed by atoms with Crippen LogP contribution in [-0.2, 0) is 4.79 Å². The highest BCUT2D eigenvalue weighted by Crippen LogP contribution is 2.45. The van der Waals surface area contributed by atoms with E-state index in [1.807, 2.05) is 0 Å². The van der Waals surface area contributed by atoms with Crippen molar-refractivity contribution < 1.29 is 9.90 Å². The van der Waals surface area contributed by atoms with Gasteiger partial charge in [0.05, 0.1) is 12.0 Å². The first-order chi connectivity index (χ1) is 5.60. The fourth-order valence-electron chi connectivity index (χ4n) is 1.09. The second kappa shape index (κ2) is 3.44. The van der Waals surface area contributed by atoms with E-state index in [2.05, 4.69) is 19.2 Å². The van der Waals surface area contributed by atoms with Gasteiger partial charge in [-0.3, -0.25) is 4.79 Å². The Morgan fingerprint density at radius 1 is 1.58 bits per heavy atom. The third-order valence-electron chi connectivity index (χ3n) is 2.31. The third-order valence-corrected chi connectivity index (χ3v) is 2.31. The molecule has 0 radical (unpaired) electrons. The Morgan fingerprint density at radius 2 is 2.17 bits per heavy atom. The molecule has 70 valence electrons. The van der Waals surface area contributed by atoms with Gasteiger partial charge in [0.15, 0.2) is 0 Å².